The Morgan fingerprint density at radius 3 is 2.47 bits per heavy atom. The van der Waals surface area contributed by atoms with E-state index >= 15 is 0 Å². The summed E-state index contributed by atoms with van der Waals surface area (Å²) in [5, 5.41) is 6.60. The molecule has 2 rings (SSSR count). The number of nitrogens with zero attached hydrogens (tertiary/aromatic N) is 1. The number of hydrogen-bond donors (Lipinski definition) is 3. The van der Waals surface area contributed by atoms with E-state index in [1.165, 1.54) is 12.7 Å². The molecule has 0 aliphatic heterocycles. The van der Waals surface area contributed by atoms with Crippen LogP contribution in [0.15, 0.2) is 64.5 Å². The van der Waals surface area contributed by atoms with Gasteiger partial charge >= 0.3 is 0 Å². The fourth-order valence-corrected chi connectivity index (χ4v) is 3.97. The predicted octanol–water partition coefficient (Wildman–Crippen LogP) is 2.25. The molecule has 164 valence electrons. The molecule has 2 aromatic rings. The number of ether oxygens (including phenoxy) is 1. The van der Waals surface area contributed by atoms with Crippen molar-refractivity contribution < 1.29 is 13.2 Å². The molecule has 2 aromatic carbocycles. The second-order valence-corrected chi connectivity index (χ2v) is 9.33. The molecular weight excluding hydrogens is 400 g/mol. The summed E-state index contributed by atoms with van der Waals surface area (Å²) in [5.41, 5.74) is 2.02. The lowest BCUT2D eigenvalue weighted by Gasteiger charge is -2.26. The highest BCUT2D eigenvalue weighted by atomic mass is 32.2. The van der Waals surface area contributed by atoms with E-state index in [9.17, 15) is 8.42 Å². The van der Waals surface area contributed by atoms with Gasteiger partial charge in [-0.2, -0.15) is 0 Å². The zero-order valence-corrected chi connectivity index (χ0v) is 18.9. The molecular formula is C22H32N4O3S. The van der Waals surface area contributed by atoms with Crippen molar-refractivity contribution in [2.75, 3.05) is 33.9 Å². The number of aliphatic imine (C=N–C) groups is 1. The van der Waals surface area contributed by atoms with E-state index in [1.54, 1.807) is 25.2 Å². The van der Waals surface area contributed by atoms with Crippen LogP contribution < -0.4 is 15.4 Å². The molecule has 0 spiro atoms. The first kappa shape index (κ1) is 23.9. The Bertz CT molecular complexity index is 928. The average molecular weight is 433 g/mol. The minimum absolute atomic E-state index is 0.0687. The Morgan fingerprint density at radius 1 is 1.07 bits per heavy atom. The predicted molar refractivity (Wildman–Crippen MR) is 121 cm³/mol. The number of benzene rings is 2. The van der Waals surface area contributed by atoms with E-state index in [0.29, 0.717) is 25.7 Å². The van der Waals surface area contributed by atoms with Gasteiger partial charge in [-0.15, -0.1) is 0 Å². The Labute approximate surface area is 180 Å². The second kappa shape index (κ2) is 11.1. The largest absolute Gasteiger partial charge is 0.383 e. The molecule has 0 bridgehead atoms. The molecule has 7 nitrogen and oxygen atoms in total. The summed E-state index contributed by atoms with van der Waals surface area (Å²) < 4.78 is 32.2. The maximum atomic E-state index is 12.4. The molecule has 0 fully saturated rings. The van der Waals surface area contributed by atoms with Gasteiger partial charge in [0.25, 0.3) is 0 Å². The Hall–Kier alpha value is -2.42. The highest BCUT2D eigenvalue weighted by molar-refractivity contribution is 7.89. The van der Waals surface area contributed by atoms with Gasteiger partial charge in [0.05, 0.1) is 11.5 Å². The van der Waals surface area contributed by atoms with Gasteiger partial charge in [-0.25, -0.2) is 13.1 Å². The molecule has 0 heterocycles. The van der Waals surface area contributed by atoms with Crippen molar-refractivity contribution in [1.29, 1.82) is 0 Å². The van der Waals surface area contributed by atoms with Crippen LogP contribution in [0.25, 0.3) is 0 Å². The minimum atomic E-state index is -3.56. The maximum absolute atomic E-state index is 12.4. The summed E-state index contributed by atoms with van der Waals surface area (Å²) in [6, 6.07) is 17.2. The number of hydrogen-bond acceptors (Lipinski definition) is 4. The van der Waals surface area contributed by atoms with Gasteiger partial charge in [-0.05, 0) is 23.3 Å². The van der Waals surface area contributed by atoms with E-state index in [-0.39, 0.29) is 16.9 Å². The van der Waals surface area contributed by atoms with Crippen molar-refractivity contribution in [2.45, 2.75) is 30.7 Å². The molecule has 30 heavy (non-hydrogen) atoms. The van der Waals surface area contributed by atoms with Crippen LogP contribution in [0, 0.1) is 0 Å². The first-order valence-electron chi connectivity index (χ1n) is 9.86. The fraction of sp³-hybridized carbons (Fsp3) is 0.409. The van der Waals surface area contributed by atoms with Crippen LogP contribution in [0.2, 0.25) is 0 Å². The summed E-state index contributed by atoms with van der Waals surface area (Å²) >= 11 is 0. The van der Waals surface area contributed by atoms with E-state index in [0.717, 1.165) is 5.56 Å². The topological polar surface area (TPSA) is 91.8 Å². The number of sulfonamides is 1. The molecule has 0 amide bonds. The summed E-state index contributed by atoms with van der Waals surface area (Å²) in [6.07, 6.45) is 0. The molecule has 3 N–H and O–H groups in total. The third-order valence-corrected chi connectivity index (χ3v) is 6.20. The Morgan fingerprint density at radius 2 is 1.80 bits per heavy atom. The number of methoxy groups -OCH3 is 1. The molecule has 0 saturated carbocycles. The zero-order chi connectivity index (χ0) is 22.0. The van der Waals surface area contributed by atoms with Gasteiger partial charge in [0.2, 0.25) is 10.0 Å². The summed E-state index contributed by atoms with van der Waals surface area (Å²) in [7, 11) is -0.319. The third-order valence-electron chi connectivity index (χ3n) is 4.74. The summed E-state index contributed by atoms with van der Waals surface area (Å²) in [5.74, 6) is 0.658. The average Bonchev–Trinajstić information content (AvgIpc) is 2.75. The first-order chi connectivity index (χ1) is 14.3. The van der Waals surface area contributed by atoms with Gasteiger partial charge in [-0.3, -0.25) is 4.99 Å². The Kier molecular flexibility index (Phi) is 8.83. The summed E-state index contributed by atoms with van der Waals surface area (Å²) in [4.78, 5) is 4.50. The van der Waals surface area contributed by atoms with Crippen LogP contribution in [-0.4, -0.2) is 48.2 Å². The van der Waals surface area contributed by atoms with Crippen molar-refractivity contribution >= 4 is 16.0 Å². The van der Waals surface area contributed by atoms with E-state index in [4.69, 9.17) is 4.74 Å². The van der Waals surface area contributed by atoms with Crippen molar-refractivity contribution in [2.24, 2.45) is 4.99 Å². The van der Waals surface area contributed by atoms with E-state index < -0.39 is 10.0 Å². The van der Waals surface area contributed by atoms with Crippen LogP contribution in [0.3, 0.4) is 0 Å². The molecule has 0 atom stereocenters. The lowest BCUT2D eigenvalue weighted by molar-refractivity contribution is 0.204. The van der Waals surface area contributed by atoms with E-state index in [1.807, 2.05) is 24.3 Å². The third kappa shape index (κ3) is 7.12. The minimum Gasteiger partial charge on any atom is -0.383 e. The van der Waals surface area contributed by atoms with Crippen molar-refractivity contribution in [3.05, 3.63) is 65.7 Å². The molecule has 0 aliphatic rings. The van der Waals surface area contributed by atoms with Crippen molar-refractivity contribution in [3.8, 4) is 0 Å². The number of nitrogens with one attached hydrogen (secondary N) is 3. The quantitative estimate of drug-likeness (QED) is 0.304. The SMILES string of the molecule is CN=C(NCc1cccc(S(=O)(=O)NCCOC)c1)NCC(C)(C)c1ccccc1. The van der Waals surface area contributed by atoms with Crippen LogP contribution >= 0.6 is 0 Å². The van der Waals surface area contributed by atoms with Gasteiger partial charge in [0, 0.05) is 39.2 Å². The lowest BCUT2D eigenvalue weighted by atomic mass is 9.85. The molecule has 8 heteroatoms. The molecule has 0 radical (unpaired) electrons. The van der Waals surface area contributed by atoms with Crippen LogP contribution in [0.5, 0.6) is 0 Å². The van der Waals surface area contributed by atoms with Crippen LogP contribution in [-0.2, 0) is 26.7 Å². The van der Waals surface area contributed by atoms with Crippen molar-refractivity contribution in [3.63, 3.8) is 0 Å². The molecule has 0 saturated heterocycles. The van der Waals surface area contributed by atoms with Gasteiger partial charge in [-0.1, -0.05) is 56.3 Å². The number of guanidine groups is 1. The monoisotopic (exact) mass is 432 g/mol. The smallest absolute Gasteiger partial charge is 0.240 e. The normalized spacial score (nSPS) is 12.6. The molecule has 0 aliphatic carbocycles. The fourth-order valence-electron chi connectivity index (χ4n) is 2.89. The lowest BCUT2D eigenvalue weighted by Crippen LogP contribution is -2.43. The van der Waals surface area contributed by atoms with Crippen LogP contribution in [0.4, 0.5) is 0 Å². The Balaban J connectivity index is 1.95. The van der Waals surface area contributed by atoms with Crippen LogP contribution in [0.1, 0.15) is 25.0 Å². The summed E-state index contributed by atoms with van der Waals surface area (Å²) in [6.45, 7) is 6.05. The first-order valence-corrected chi connectivity index (χ1v) is 11.3. The molecule has 0 unspecified atom stereocenters. The standard InChI is InChI=1S/C22H32N4O3S/c1-22(2,19-10-6-5-7-11-19)17-25-21(23-3)24-16-18-9-8-12-20(15-18)30(27,28)26-13-14-29-4/h5-12,15,26H,13-14,16-17H2,1-4H3,(H2,23,24,25). The second-order valence-electron chi connectivity index (χ2n) is 7.57. The highest BCUT2D eigenvalue weighted by Crippen LogP contribution is 2.21. The van der Waals surface area contributed by atoms with E-state index in [2.05, 4.69) is 46.3 Å². The molecule has 0 aromatic heterocycles. The van der Waals surface area contributed by atoms with Crippen molar-refractivity contribution in [1.82, 2.24) is 15.4 Å². The van der Waals surface area contributed by atoms with Gasteiger partial charge in [0.15, 0.2) is 5.96 Å². The zero-order valence-electron chi connectivity index (χ0n) is 18.1. The van der Waals surface area contributed by atoms with Gasteiger partial charge in [0.1, 0.15) is 0 Å². The maximum Gasteiger partial charge on any atom is 0.240 e. The highest BCUT2D eigenvalue weighted by Gasteiger charge is 2.20. The van der Waals surface area contributed by atoms with Gasteiger partial charge < -0.3 is 15.4 Å². The number of rotatable bonds is 10.